The van der Waals surface area contributed by atoms with Crippen molar-refractivity contribution >= 4 is 46.6 Å². The first-order valence-electron chi connectivity index (χ1n) is 11.7. The SMILES string of the molecule is CCCNC(=O)[C@H](Cc1ccccc1)N(Cc1ccc(Cl)c(Cl)c1)C(=O)COc1ccc(Cl)c(C)c1. The summed E-state index contributed by atoms with van der Waals surface area (Å²) in [5, 5.41) is 4.36. The third kappa shape index (κ3) is 7.89. The van der Waals surface area contributed by atoms with E-state index >= 15 is 0 Å². The summed E-state index contributed by atoms with van der Waals surface area (Å²) in [5.74, 6) is -0.0347. The fourth-order valence-electron chi connectivity index (χ4n) is 3.69. The number of nitrogens with zero attached hydrogens (tertiary/aromatic N) is 1. The quantitative estimate of drug-likeness (QED) is 0.298. The molecule has 5 nitrogen and oxygen atoms in total. The van der Waals surface area contributed by atoms with Gasteiger partial charge < -0.3 is 15.0 Å². The second-order valence-corrected chi connectivity index (χ2v) is 9.69. The van der Waals surface area contributed by atoms with Crippen molar-refractivity contribution in [3.8, 4) is 5.75 Å². The summed E-state index contributed by atoms with van der Waals surface area (Å²) in [6.45, 7) is 4.28. The highest BCUT2D eigenvalue weighted by atomic mass is 35.5. The lowest BCUT2D eigenvalue weighted by molar-refractivity contribution is -0.142. The normalized spacial score (nSPS) is 11.6. The van der Waals surface area contributed by atoms with Gasteiger partial charge in [-0.25, -0.2) is 0 Å². The fourth-order valence-corrected chi connectivity index (χ4v) is 4.13. The lowest BCUT2D eigenvalue weighted by Crippen LogP contribution is -2.51. The number of benzene rings is 3. The monoisotopic (exact) mass is 546 g/mol. The summed E-state index contributed by atoms with van der Waals surface area (Å²) in [5.41, 5.74) is 2.53. The molecule has 3 rings (SSSR count). The molecular weight excluding hydrogens is 519 g/mol. The molecule has 0 aliphatic heterocycles. The lowest BCUT2D eigenvalue weighted by Gasteiger charge is -2.31. The summed E-state index contributed by atoms with van der Waals surface area (Å²) in [6.07, 6.45) is 1.13. The van der Waals surface area contributed by atoms with Gasteiger partial charge in [-0.3, -0.25) is 9.59 Å². The average molecular weight is 548 g/mol. The van der Waals surface area contributed by atoms with Crippen molar-refractivity contribution in [1.82, 2.24) is 10.2 Å². The average Bonchev–Trinajstić information content (AvgIpc) is 2.87. The number of halogens is 3. The van der Waals surface area contributed by atoms with Gasteiger partial charge in [0, 0.05) is 24.5 Å². The molecule has 0 saturated carbocycles. The Kier molecular flexibility index (Phi) is 10.5. The van der Waals surface area contributed by atoms with Crippen LogP contribution < -0.4 is 10.1 Å². The van der Waals surface area contributed by atoms with E-state index in [1.165, 1.54) is 0 Å². The highest BCUT2D eigenvalue weighted by molar-refractivity contribution is 6.42. The van der Waals surface area contributed by atoms with Crippen molar-refractivity contribution in [3.63, 3.8) is 0 Å². The molecular formula is C28H29Cl3N2O3. The molecule has 8 heteroatoms. The Morgan fingerprint density at radius 3 is 2.31 bits per heavy atom. The van der Waals surface area contributed by atoms with E-state index in [-0.39, 0.29) is 25.0 Å². The Bertz CT molecular complexity index is 1190. The molecule has 190 valence electrons. The molecule has 0 fully saturated rings. The van der Waals surface area contributed by atoms with Gasteiger partial charge in [0.2, 0.25) is 5.91 Å². The standard InChI is InChI=1S/C28H29Cl3N2O3/c1-3-13-32-28(35)26(16-20-7-5-4-6-8-20)33(17-21-9-11-24(30)25(31)15-21)27(34)18-36-22-10-12-23(29)19(2)14-22/h4-12,14-15,26H,3,13,16-18H2,1-2H3,(H,32,35)/t26-/m0/s1. The van der Waals surface area contributed by atoms with Crippen LogP contribution in [-0.2, 0) is 22.6 Å². The molecule has 36 heavy (non-hydrogen) atoms. The van der Waals surface area contributed by atoms with Crippen molar-refractivity contribution in [1.29, 1.82) is 0 Å². The van der Waals surface area contributed by atoms with Gasteiger partial charge in [0.1, 0.15) is 11.8 Å². The Labute approximate surface area is 227 Å². The number of hydrogen-bond donors (Lipinski definition) is 1. The van der Waals surface area contributed by atoms with E-state index in [1.807, 2.05) is 44.2 Å². The second-order valence-electron chi connectivity index (χ2n) is 8.47. The fraction of sp³-hybridized carbons (Fsp3) is 0.286. The summed E-state index contributed by atoms with van der Waals surface area (Å²) < 4.78 is 5.80. The van der Waals surface area contributed by atoms with Crippen molar-refractivity contribution in [3.05, 3.63) is 98.5 Å². The number of carbonyl (C=O) groups is 2. The van der Waals surface area contributed by atoms with Crippen LogP contribution in [0.3, 0.4) is 0 Å². The zero-order chi connectivity index (χ0) is 26.1. The smallest absolute Gasteiger partial charge is 0.261 e. The van der Waals surface area contributed by atoms with Crippen LogP contribution in [0.1, 0.15) is 30.0 Å². The van der Waals surface area contributed by atoms with Gasteiger partial charge in [0.15, 0.2) is 6.61 Å². The molecule has 0 saturated heterocycles. The molecule has 3 aromatic carbocycles. The maximum Gasteiger partial charge on any atom is 0.261 e. The zero-order valence-electron chi connectivity index (χ0n) is 20.3. The molecule has 0 aromatic heterocycles. The Morgan fingerprint density at radius 2 is 1.64 bits per heavy atom. The predicted molar refractivity (Wildman–Crippen MR) is 146 cm³/mol. The summed E-state index contributed by atoms with van der Waals surface area (Å²) in [6, 6.07) is 19.2. The number of ether oxygens (including phenoxy) is 1. The predicted octanol–water partition coefficient (Wildman–Crippen LogP) is 6.50. The van der Waals surface area contributed by atoms with E-state index in [4.69, 9.17) is 39.5 Å². The highest BCUT2D eigenvalue weighted by Gasteiger charge is 2.30. The maximum absolute atomic E-state index is 13.6. The van der Waals surface area contributed by atoms with Gasteiger partial charge in [-0.05, 0) is 60.4 Å². The van der Waals surface area contributed by atoms with E-state index in [0.29, 0.717) is 33.8 Å². The number of carbonyl (C=O) groups excluding carboxylic acids is 2. The summed E-state index contributed by atoms with van der Waals surface area (Å²) in [4.78, 5) is 28.4. The Hall–Kier alpha value is -2.73. The van der Waals surface area contributed by atoms with Gasteiger partial charge in [-0.2, -0.15) is 0 Å². The number of hydrogen-bond acceptors (Lipinski definition) is 3. The van der Waals surface area contributed by atoms with E-state index in [1.54, 1.807) is 41.3 Å². The van der Waals surface area contributed by atoms with Crippen LogP contribution in [0.25, 0.3) is 0 Å². The number of amides is 2. The van der Waals surface area contributed by atoms with Gasteiger partial charge in [0.05, 0.1) is 10.0 Å². The molecule has 0 spiro atoms. The number of aryl methyl sites for hydroxylation is 1. The second kappa shape index (κ2) is 13.5. The van der Waals surface area contributed by atoms with Gasteiger partial charge in [-0.1, -0.05) is 78.1 Å². The molecule has 0 aliphatic rings. The van der Waals surface area contributed by atoms with Gasteiger partial charge >= 0.3 is 0 Å². The minimum Gasteiger partial charge on any atom is -0.484 e. The maximum atomic E-state index is 13.6. The van der Waals surface area contributed by atoms with Crippen molar-refractivity contribution in [2.75, 3.05) is 13.2 Å². The van der Waals surface area contributed by atoms with Crippen LogP contribution in [-0.4, -0.2) is 35.9 Å². The third-order valence-electron chi connectivity index (χ3n) is 5.65. The van der Waals surface area contributed by atoms with E-state index in [0.717, 1.165) is 23.1 Å². The van der Waals surface area contributed by atoms with Crippen LogP contribution in [0.5, 0.6) is 5.75 Å². The topological polar surface area (TPSA) is 58.6 Å². The van der Waals surface area contributed by atoms with E-state index in [9.17, 15) is 9.59 Å². The Balaban J connectivity index is 1.91. The van der Waals surface area contributed by atoms with Crippen LogP contribution in [0.4, 0.5) is 0 Å². The van der Waals surface area contributed by atoms with Gasteiger partial charge in [0.25, 0.3) is 5.91 Å². The van der Waals surface area contributed by atoms with Crippen molar-refractivity contribution in [2.45, 2.75) is 39.3 Å². The number of rotatable bonds is 11. The van der Waals surface area contributed by atoms with Crippen LogP contribution in [0.2, 0.25) is 15.1 Å². The molecule has 0 heterocycles. The van der Waals surface area contributed by atoms with Crippen LogP contribution >= 0.6 is 34.8 Å². The molecule has 0 aliphatic carbocycles. The molecule has 1 N–H and O–H groups in total. The third-order valence-corrected chi connectivity index (χ3v) is 6.81. The molecule has 0 unspecified atom stereocenters. The molecule has 2 amide bonds. The first-order valence-corrected chi connectivity index (χ1v) is 12.9. The minimum absolute atomic E-state index is 0.162. The Morgan fingerprint density at radius 1 is 0.917 bits per heavy atom. The van der Waals surface area contributed by atoms with Crippen molar-refractivity contribution in [2.24, 2.45) is 0 Å². The van der Waals surface area contributed by atoms with Crippen LogP contribution in [0, 0.1) is 6.92 Å². The molecule has 1 atom stereocenters. The molecule has 3 aromatic rings. The zero-order valence-corrected chi connectivity index (χ0v) is 22.5. The molecule has 0 bridgehead atoms. The van der Waals surface area contributed by atoms with E-state index < -0.39 is 6.04 Å². The highest BCUT2D eigenvalue weighted by Crippen LogP contribution is 2.25. The van der Waals surface area contributed by atoms with Gasteiger partial charge in [-0.15, -0.1) is 0 Å². The van der Waals surface area contributed by atoms with E-state index in [2.05, 4.69) is 5.32 Å². The van der Waals surface area contributed by atoms with Crippen molar-refractivity contribution < 1.29 is 14.3 Å². The minimum atomic E-state index is -0.753. The summed E-state index contributed by atoms with van der Waals surface area (Å²) >= 11 is 18.4. The lowest BCUT2D eigenvalue weighted by atomic mass is 10.0. The number of nitrogens with one attached hydrogen (secondary N) is 1. The first kappa shape index (κ1) is 27.9. The first-order chi connectivity index (χ1) is 17.3. The molecule has 0 radical (unpaired) electrons. The summed E-state index contributed by atoms with van der Waals surface area (Å²) in [7, 11) is 0. The van der Waals surface area contributed by atoms with Crippen LogP contribution in [0.15, 0.2) is 66.7 Å². The largest absolute Gasteiger partial charge is 0.484 e.